The van der Waals surface area contributed by atoms with E-state index in [0.29, 0.717) is 4.47 Å². The monoisotopic (exact) mass is 324 g/mol. The van der Waals surface area contributed by atoms with E-state index in [2.05, 4.69) is 15.9 Å². The third-order valence-corrected chi connectivity index (χ3v) is 4.03. The van der Waals surface area contributed by atoms with E-state index in [1.165, 1.54) is 6.26 Å². The minimum atomic E-state index is -4.14. The first-order valence-corrected chi connectivity index (χ1v) is 6.53. The molecule has 0 aliphatic heterocycles. The lowest BCUT2D eigenvalue weighted by Gasteiger charge is -2.28. The van der Waals surface area contributed by atoms with Gasteiger partial charge >= 0.3 is 6.18 Å². The second-order valence-corrected chi connectivity index (χ2v) is 5.41. The number of hydrogen-bond donors (Lipinski definition) is 0. The molecule has 1 aliphatic rings. The number of halogens is 4. The molecule has 0 saturated heterocycles. The Morgan fingerprint density at radius 2 is 1.89 bits per heavy atom. The molecule has 1 fully saturated rings. The van der Waals surface area contributed by atoms with E-state index in [9.17, 15) is 18.0 Å². The standard InChI is InChI=1S/C12H12BrF3O2/c13-9-5-6-18-11(9)10(17)7-1-3-8(4-2-7)12(14,15)16/h5-8H,1-4H2. The number of alkyl halides is 3. The lowest BCUT2D eigenvalue weighted by Crippen LogP contribution is -2.30. The van der Waals surface area contributed by atoms with E-state index in [1.54, 1.807) is 6.07 Å². The van der Waals surface area contributed by atoms with Gasteiger partial charge in [0.25, 0.3) is 0 Å². The Morgan fingerprint density at radius 1 is 1.28 bits per heavy atom. The molecule has 18 heavy (non-hydrogen) atoms. The van der Waals surface area contributed by atoms with Crippen LogP contribution in [0.1, 0.15) is 36.2 Å². The predicted octanol–water partition coefficient (Wildman–Crippen LogP) is 4.59. The first-order valence-electron chi connectivity index (χ1n) is 5.73. The van der Waals surface area contributed by atoms with Crippen LogP contribution in [0.15, 0.2) is 21.2 Å². The SMILES string of the molecule is O=C(c1occc1Br)C1CCC(C(F)(F)F)CC1. The molecule has 0 spiro atoms. The van der Waals surface area contributed by atoms with Gasteiger partial charge < -0.3 is 4.42 Å². The van der Waals surface area contributed by atoms with Gasteiger partial charge in [-0.2, -0.15) is 13.2 Å². The van der Waals surface area contributed by atoms with Crippen LogP contribution in [0.25, 0.3) is 0 Å². The van der Waals surface area contributed by atoms with Crippen LogP contribution in [0, 0.1) is 11.8 Å². The highest BCUT2D eigenvalue weighted by atomic mass is 79.9. The van der Waals surface area contributed by atoms with Gasteiger partial charge in [0.2, 0.25) is 5.78 Å². The van der Waals surface area contributed by atoms with E-state index < -0.39 is 12.1 Å². The first kappa shape index (κ1) is 13.6. The maximum absolute atomic E-state index is 12.5. The molecule has 100 valence electrons. The summed E-state index contributed by atoms with van der Waals surface area (Å²) >= 11 is 3.18. The van der Waals surface area contributed by atoms with Gasteiger partial charge in [0.1, 0.15) is 0 Å². The van der Waals surface area contributed by atoms with Gasteiger partial charge in [-0.1, -0.05) is 0 Å². The Morgan fingerprint density at radius 3 is 2.33 bits per heavy atom. The average molecular weight is 325 g/mol. The molecule has 6 heteroatoms. The van der Waals surface area contributed by atoms with Gasteiger partial charge in [-0.3, -0.25) is 4.79 Å². The van der Waals surface area contributed by atoms with Crippen molar-refractivity contribution in [2.24, 2.45) is 11.8 Å². The number of ketones is 1. The molecule has 0 aromatic carbocycles. The highest BCUT2D eigenvalue weighted by molar-refractivity contribution is 9.10. The number of rotatable bonds is 2. The molecule has 0 amide bonds. The van der Waals surface area contributed by atoms with Crippen LogP contribution in [0.5, 0.6) is 0 Å². The van der Waals surface area contributed by atoms with E-state index in [1.807, 2.05) is 0 Å². The molecule has 0 radical (unpaired) electrons. The van der Waals surface area contributed by atoms with Crippen LogP contribution in [-0.4, -0.2) is 12.0 Å². The Kier molecular flexibility index (Phi) is 3.84. The summed E-state index contributed by atoms with van der Waals surface area (Å²) < 4.78 is 43.1. The summed E-state index contributed by atoms with van der Waals surface area (Å²) in [5.74, 6) is -1.61. The smallest absolute Gasteiger partial charge is 0.391 e. The molecule has 1 aromatic heterocycles. The van der Waals surface area contributed by atoms with Crippen LogP contribution in [0.3, 0.4) is 0 Å². The van der Waals surface area contributed by atoms with Gasteiger partial charge in [-0.15, -0.1) is 0 Å². The van der Waals surface area contributed by atoms with E-state index in [-0.39, 0.29) is 43.1 Å². The third kappa shape index (κ3) is 2.79. The van der Waals surface area contributed by atoms with Crippen molar-refractivity contribution < 1.29 is 22.4 Å². The number of carbonyl (C=O) groups is 1. The topological polar surface area (TPSA) is 30.2 Å². The Balaban J connectivity index is 1.99. The van der Waals surface area contributed by atoms with Crippen molar-refractivity contribution >= 4 is 21.7 Å². The van der Waals surface area contributed by atoms with E-state index in [4.69, 9.17) is 4.42 Å². The minimum absolute atomic E-state index is 0.0260. The van der Waals surface area contributed by atoms with Crippen LogP contribution in [0.4, 0.5) is 13.2 Å². The van der Waals surface area contributed by atoms with Crippen molar-refractivity contribution in [2.75, 3.05) is 0 Å². The summed E-state index contributed by atoms with van der Waals surface area (Å²) in [5.41, 5.74) is 0. The molecular formula is C12H12BrF3O2. The molecule has 2 rings (SSSR count). The molecule has 1 heterocycles. The van der Waals surface area contributed by atoms with Gasteiger partial charge in [-0.25, -0.2) is 0 Å². The van der Waals surface area contributed by atoms with Crippen molar-refractivity contribution in [2.45, 2.75) is 31.9 Å². The molecule has 1 aromatic rings. The molecule has 0 atom stereocenters. The van der Waals surface area contributed by atoms with Crippen molar-refractivity contribution in [3.8, 4) is 0 Å². The van der Waals surface area contributed by atoms with Crippen LogP contribution in [0.2, 0.25) is 0 Å². The third-order valence-electron chi connectivity index (χ3n) is 3.40. The molecule has 1 aliphatic carbocycles. The van der Waals surface area contributed by atoms with Gasteiger partial charge in [0, 0.05) is 5.92 Å². The zero-order valence-electron chi connectivity index (χ0n) is 9.47. The summed E-state index contributed by atoms with van der Waals surface area (Å²) in [6, 6.07) is 1.61. The Labute approximate surface area is 111 Å². The van der Waals surface area contributed by atoms with E-state index in [0.717, 1.165) is 0 Å². The zero-order chi connectivity index (χ0) is 13.3. The Hall–Kier alpha value is -0.780. The molecule has 2 nitrogen and oxygen atoms in total. The van der Waals surface area contributed by atoms with Crippen molar-refractivity contribution in [3.05, 3.63) is 22.6 Å². The maximum Gasteiger partial charge on any atom is 0.391 e. The van der Waals surface area contributed by atoms with Crippen molar-refractivity contribution in [1.29, 1.82) is 0 Å². The van der Waals surface area contributed by atoms with Crippen LogP contribution >= 0.6 is 15.9 Å². The predicted molar refractivity (Wildman–Crippen MR) is 62.2 cm³/mol. The van der Waals surface area contributed by atoms with Crippen LogP contribution < -0.4 is 0 Å². The zero-order valence-corrected chi connectivity index (χ0v) is 11.1. The van der Waals surface area contributed by atoms with Crippen molar-refractivity contribution in [1.82, 2.24) is 0 Å². The number of Topliss-reactive ketones (excluding diaryl/α,β-unsaturated/α-hetero) is 1. The van der Waals surface area contributed by atoms with Crippen LogP contribution in [-0.2, 0) is 0 Å². The molecule has 0 unspecified atom stereocenters. The summed E-state index contributed by atoms with van der Waals surface area (Å²) in [7, 11) is 0. The fourth-order valence-corrected chi connectivity index (χ4v) is 2.73. The fourth-order valence-electron chi connectivity index (χ4n) is 2.34. The summed E-state index contributed by atoms with van der Waals surface area (Å²) in [5, 5.41) is 0. The number of furan rings is 1. The largest absolute Gasteiger partial charge is 0.460 e. The average Bonchev–Trinajstić information content (AvgIpc) is 2.73. The van der Waals surface area contributed by atoms with Gasteiger partial charge in [0.15, 0.2) is 5.76 Å². The summed E-state index contributed by atoms with van der Waals surface area (Å²) in [6.07, 6.45) is -2.15. The fraction of sp³-hybridized carbons (Fsp3) is 0.583. The molecule has 0 N–H and O–H groups in total. The quantitative estimate of drug-likeness (QED) is 0.744. The second kappa shape index (κ2) is 5.07. The minimum Gasteiger partial charge on any atom is -0.460 e. The van der Waals surface area contributed by atoms with E-state index >= 15 is 0 Å². The van der Waals surface area contributed by atoms with Crippen molar-refractivity contribution in [3.63, 3.8) is 0 Å². The van der Waals surface area contributed by atoms with Gasteiger partial charge in [0.05, 0.1) is 16.7 Å². The lowest BCUT2D eigenvalue weighted by molar-refractivity contribution is -0.183. The lowest BCUT2D eigenvalue weighted by atomic mass is 9.79. The highest BCUT2D eigenvalue weighted by Crippen LogP contribution is 2.40. The molecule has 0 bridgehead atoms. The molecule has 1 saturated carbocycles. The maximum atomic E-state index is 12.5. The first-order chi connectivity index (χ1) is 8.39. The summed E-state index contributed by atoms with van der Waals surface area (Å²) in [6.45, 7) is 0. The Bertz CT molecular complexity index is 431. The molecular weight excluding hydrogens is 313 g/mol. The number of carbonyl (C=O) groups excluding carboxylic acids is 1. The summed E-state index contributed by atoms with van der Waals surface area (Å²) in [4.78, 5) is 12.0. The number of hydrogen-bond acceptors (Lipinski definition) is 2. The highest BCUT2D eigenvalue weighted by Gasteiger charge is 2.42. The normalized spacial score (nSPS) is 25.1. The second-order valence-electron chi connectivity index (χ2n) is 4.55. The van der Waals surface area contributed by atoms with Gasteiger partial charge in [-0.05, 0) is 47.7 Å².